The third-order valence-electron chi connectivity index (χ3n) is 3.41. The van der Waals surface area contributed by atoms with Gasteiger partial charge in [0.15, 0.2) is 11.5 Å². The molecule has 1 fully saturated rings. The lowest BCUT2D eigenvalue weighted by Crippen LogP contribution is -2.18. The summed E-state index contributed by atoms with van der Waals surface area (Å²) in [6, 6.07) is 5.48. The van der Waals surface area contributed by atoms with Crippen LogP contribution in [0.4, 0.5) is 0 Å². The van der Waals surface area contributed by atoms with Crippen LogP contribution in [0.15, 0.2) is 18.2 Å². The minimum absolute atomic E-state index is 0.163. The maximum atomic E-state index is 9.55. The predicted molar refractivity (Wildman–Crippen MR) is 72.7 cm³/mol. The van der Waals surface area contributed by atoms with Crippen LogP contribution in [0.5, 0.6) is 11.5 Å². The van der Waals surface area contributed by atoms with Crippen LogP contribution < -0.4 is 9.47 Å². The van der Waals surface area contributed by atoms with Crippen molar-refractivity contribution in [2.75, 3.05) is 13.7 Å². The number of aliphatic hydroxyl groups excluding tert-OH is 1. The molecule has 3 atom stereocenters. The second-order valence-corrected chi connectivity index (χ2v) is 5.04. The Bertz CT molecular complexity index is 417. The molecule has 1 aliphatic heterocycles. The Morgan fingerprint density at radius 1 is 1.37 bits per heavy atom. The molecule has 0 saturated carbocycles. The van der Waals surface area contributed by atoms with Gasteiger partial charge in [0.1, 0.15) is 6.61 Å². The standard InChI is InChI=1S/C15H22O4/c1-10-4-6-13(19-10)9-18-14-7-5-12(11(2)16)8-15(14)17-3/h5,7-8,10-11,13,16H,4,6,9H2,1-3H3. The monoisotopic (exact) mass is 266 g/mol. The van der Waals surface area contributed by atoms with E-state index in [4.69, 9.17) is 14.2 Å². The van der Waals surface area contributed by atoms with Crippen molar-refractivity contribution >= 4 is 0 Å². The number of hydrogen-bond acceptors (Lipinski definition) is 4. The zero-order chi connectivity index (χ0) is 13.8. The Balaban J connectivity index is 1.99. The quantitative estimate of drug-likeness (QED) is 0.890. The summed E-state index contributed by atoms with van der Waals surface area (Å²) in [5, 5.41) is 9.55. The Labute approximate surface area is 114 Å². The van der Waals surface area contributed by atoms with E-state index in [1.165, 1.54) is 0 Å². The highest BCUT2D eigenvalue weighted by atomic mass is 16.6. The van der Waals surface area contributed by atoms with Gasteiger partial charge in [-0.15, -0.1) is 0 Å². The van der Waals surface area contributed by atoms with Gasteiger partial charge in [-0.2, -0.15) is 0 Å². The highest BCUT2D eigenvalue weighted by molar-refractivity contribution is 5.43. The maximum absolute atomic E-state index is 9.55. The molecule has 4 nitrogen and oxygen atoms in total. The summed E-state index contributed by atoms with van der Waals surface area (Å²) >= 11 is 0. The molecule has 2 rings (SSSR count). The topological polar surface area (TPSA) is 47.9 Å². The SMILES string of the molecule is COc1cc(C(C)O)ccc1OCC1CCC(C)O1. The van der Waals surface area contributed by atoms with Crippen molar-refractivity contribution in [1.29, 1.82) is 0 Å². The van der Waals surface area contributed by atoms with Crippen LogP contribution in [0.1, 0.15) is 38.4 Å². The van der Waals surface area contributed by atoms with E-state index in [9.17, 15) is 5.11 Å². The van der Waals surface area contributed by atoms with Gasteiger partial charge in [0.05, 0.1) is 25.4 Å². The fourth-order valence-electron chi connectivity index (χ4n) is 2.25. The van der Waals surface area contributed by atoms with E-state index >= 15 is 0 Å². The summed E-state index contributed by atoms with van der Waals surface area (Å²) < 4.78 is 16.8. The normalized spacial score (nSPS) is 24.2. The van der Waals surface area contributed by atoms with E-state index in [0.717, 1.165) is 18.4 Å². The molecule has 1 N–H and O–H groups in total. The molecule has 1 saturated heterocycles. The summed E-state index contributed by atoms with van der Waals surface area (Å²) in [6.45, 7) is 4.34. The smallest absolute Gasteiger partial charge is 0.161 e. The molecular formula is C15H22O4. The van der Waals surface area contributed by atoms with Gasteiger partial charge in [-0.3, -0.25) is 0 Å². The Hall–Kier alpha value is -1.26. The van der Waals surface area contributed by atoms with Gasteiger partial charge in [0.2, 0.25) is 0 Å². The van der Waals surface area contributed by atoms with E-state index in [0.29, 0.717) is 24.2 Å². The molecule has 1 aromatic rings. The summed E-state index contributed by atoms with van der Waals surface area (Å²) in [6.07, 6.45) is 2.10. The van der Waals surface area contributed by atoms with Crippen molar-refractivity contribution in [1.82, 2.24) is 0 Å². The lowest BCUT2D eigenvalue weighted by molar-refractivity contribution is 0.0259. The van der Waals surface area contributed by atoms with Crippen LogP contribution >= 0.6 is 0 Å². The van der Waals surface area contributed by atoms with E-state index < -0.39 is 6.10 Å². The van der Waals surface area contributed by atoms with Gasteiger partial charge in [0, 0.05) is 0 Å². The van der Waals surface area contributed by atoms with Crippen LogP contribution in [-0.2, 0) is 4.74 Å². The number of hydrogen-bond donors (Lipinski definition) is 1. The van der Waals surface area contributed by atoms with Gasteiger partial charge in [-0.25, -0.2) is 0 Å². The van der Waals surface area contributed by atoms with Gasteiger partial charge < -0.3 is 19.3 Å². The largest absolute Gasteiger partial charge is 0.493 e. The van der Waals surface area contributed by atoms with Gasteiger partial charge in [0.25, 0.3) is 0 Å². The molecule has 1 heterocycles. The van der Waals surface area contributed by atoms with Gasteiger partial charge in [-0.05, 0) is 44.4 Å². The van der Waals surface area contributed by atoms with Crippen LogP contribution in [0.25, 0.3) is 0 Å². The van der Waals surface area contributed by atoms with Crippen LogP contribution in [0.3, 0.4) is 0 Å². The van der Waals surface area contributed by atoms with Crippen molar-refractivity contribution in [3.05, 3.63) is 23.8 Å². The van der Waals surface area contributed by atoms with Crippen LogP contribution in [0.2, 0.25) is 0 Å². The fourth-order valence-corrected chi connectivity index (χ4v) is 2.25. The number of benzene rings is 1. The summed E-state index contributed by atoms with van der Waals surface area (Å²) in [7, 11) is 1.60. The summed E-state index contributed by atoms with van der Waals surface area (Å²) in [5.41, 5.74) is 0.815. The molecule has 0 bridgehead atoms. The number of aliphatic hydroxyl groups is 1. The number of ether oxygens (including phenoxy) is 3. The molecular weight excluding hydrogens is 244 g/mol. The molecule has 0 radical (unpaired) electrons. The molecule has 19 heavy (non-hydrogen) atoms. The molecule has 4 heteroatoms. The first-order valence-corrected chi connectivity index (χ1v) is 6.74. The van der Waals surface area contributed by atoms with Crippen molar-refractivity contribution in [2.45, 2.75) is 45.0 Å². The minimum Gasteiger partial charge on any atom is -0.493 e. The molecule has 0 aliphatic carbocycles. The predicted octanol–water partition coefficient (Wildman–Crippen LogP) is 2.69. The first-order valence-electron chi connectivity index (χ1n) is 6.74. The fraction of sp³-hybridized carbons (Fsp3) is 0.600. The second-order valence-electron chi connectivity index (χ2n) is 5.04. The molecule has 0 amide bonds. The second kappa shape index (κ2) is 6.26. The Kier molecular flexibility index (Phi) is 4.66. The highest BCUT2D eigenvalue weighted by Gasteiger charge is 2.22. The lowest BCUT2D eigenvalue weighted by Gasteiger charge is -2.16. The van der Waals surface area contributed by atoms with Crippen LogP contribution in [-0.4, -0.2) is 31.0 Å². The Morgan fingerprint density at radius 3 is 2.74 bits per heavy atom. The van der Waals surface area contributed by atoms with E-state index in [2.05, 4.69) is 6.92 Å². The van der Waals surface area contributed by atoms with Gasteiger partial charge >= 0.3 is 0 Å². The van der Waals surface area contributed by atoms with Gasteiger partial charge in [-0.1, -0.05) is 6.07 Å². The first kappa shape index (κ1) is 14.2. The zero-order valence-corrected chi connectivity index (χ0v) is 11.8. The maximum Gasteiger partial charge on any atom is 0.161 e. The lowest BCUT2D eigenvalue weighted by atomic mass is 10.1. The summed E-state index contributed by atoms with van der Waals surface area (Å²) in [4.78, 5) is 0. The third kappa shape index (κ3) is 3.61. The zero-order valence-electron chi connectivity index (χ0n) is 11.8. The molecule has 3 unspecified atom stereocenters. The first-order chi connectivity index (χ1) is 9.10. The molecule has 0 spiro atoms. The molecule has 0 aromatic heterocycles. The average molecular weight is 266 g/mol. The van der Waals surface area contributed by atoms with E-state index in [1.54, 1.807) is 20.1 Å². The van der Waals surface area contributed by atoms with Crippen molar-refractivity contribution in [3.8, 4) is 11.5 Å². The highest BCUT2D eigenvalue weighted by Crippen LogP contribution is 2.31. The van der Waals surface area contributed by atoms with E-state index in [1.807, 2.05) is 12.1 Å². The average Bonchev–Trinajstić information content (AvgIpc) is 2.81. The third-order valence-corrected chi connectivity index (χ3v) is 3.41. The summed E-state index contributed by atoms with van der Waals surface area (Å²) in [5.74, 6) is 1.33. The number of rotatable bonds is 5. The number of methoxy groups -OCH3 is 1. The Morgan fingerprint density at radius 2 is 2.16 bits per heavy atom. The van der Waals surface area contributed by atoms with Crippen molar-refractivity contribution in [2.24, 2.45) is 0 Å². The molecule has 106 valence electrons. The van der Waals surface area contributed by atoms with Crippen LogP contribution in [0, 0.1) is 0 Å². The van der Waals surface area contributed by atoms with Crippen molar-refractivity contribution in [3.63, 3.8) is 0 Å². The van der Waals surface area contributed by atoms with Crippen molar-refractivity contribution < 1.29 is 19.3 Å². The molecule has 1 aliphatic rings. The molecule has 1 aromatic carbocycles. The van der Waals surface area contributed by atoms with E-state index in [-0.39, 0.29) is 6.10 Å². The minimum atomic E-state index is -0.512.